The number of hydrogen-bond acceptors (Lipinski definition) is 8. The van der Waals surface area contributed by atoms with E-state index in [9.17, 15) is 24.0 Å². The van der Waals surface area contributed by atoms with Gasteiger partial charge >= 0.3 is 17.9 Å². The Morgan fingerprint density at radius 1 is 0.287 bits per heavy atom. The Morgan fingerprint density at radius 3 is 0.759 bits per heavy atom. The monoisotopic (exact) mass is 1320 g/mol. The van der Waals surface area contributed by atoms with Crippen molar-refractivity contribution < 1.29 is 57.7 Å². The van der Waals surface area contributed by atoms with Gasteiger partial charge < -0.3 is 23.8 Å². The second kappa shape index (κ2) is 64.2. The number of carbonyl (C=O) groups is 5. The van der Waals surface area contributed by atoms with Gasteiger partial charge in [0.25, 0.3) is 0 Å². The summed E-state index contributed by atoms with van der Waals surface area (Å²) in [7, 11) is 4.42. The topological polar surface area (TPSA) is 113 Å². The number of aldehydes is 2. The summed E-state index contributed by atoms with van der Waals surface area (Å²) in [4.78, 5) is 53.6. The fourth-order valence-corrected chi connectivity index (χ4v) is 12.7. The molecule has 15 atom stereocenters. The van der Waals surface area contributed by atoms with Crippen molar-refractivity contribution in [2.24, 2.45) is 94.7 Å². The molecule has 0 N–H and O–H groups in total. The molecule has 0 unspecified atom stereocenters. The number of allylic oxidation sites excluding steroid dienone is 2. The summed E-state index contributed by atoms with van der Waals surface area (Å²) in [5, 5.41) is 0. The minimum atomic E-state index is -0.0808. The quantitative estimate of drug-likeness (QED) is 0.0148. The van der Waals surface area contributed by atoms with Gasteiger partial charge in [0.2, 0.25) is 0 Å². The molecule has 0 saturated heterocycles. The molecular formula is C78H152O8Rh. The average Bonchev–Trinajstić information content (AvgIpc) is 3.19. The van der Waals surface area contributed by atoms with Crippen LogP contribution in [-0.4, -0.2) is 51.8 Å². The van der Waals surface area contributed by atoms with Crippen LogP contribution in [0.25, 0.3) is 0 Å². The molecule has 0 aliphatic carbocycles. The smallest absolute Gasteiger partial charge is 0.308 e. The summed E-state index contributed by atoms with van der Waals surface area (Å²) in [6.45, 7) is 45.4. The van der Waals surface area contributed by atoms with Gasteiger partial charge in [-0.3, -0.25) is 14.4 Å². The molecule has 0 saturated carbocycles. The van der Waals surface area contributed by atoms with Crippen LogP contribution in [0, 0.1) is 94.7 Å². The van der Waals surface area contributed by atoms with E-state index in [0.717, 1.165) is 87.1 Å². The molecule has 0 amide bonds. The van der Waals surface area contributed by atoms with E-state index in [0.29, 0.717) is 78.4 Å². The Hall–Kier alpha value is -1.89. The maximum atomic E-state index is 12.1. The first kappa shape index (κ1) is 93.8. The third-order valence-corrected chi connectivity index (χ3v) is 21.9. The van der Waals surface area contributed by atoms with Gasteiger partial charge in [-0.2, -0.15) is 0 Å². The van der Waals surface area contributed by atoms with Crippen LogP contribution in [0.5, 0.6) is 0 Å². The van der Waals surface area contributed by atoms with Crippen LogP contribution in [-0.2, 0) is 57.7 Å². The molecule has 0 heterocycles. The molecule has 1 radical (unpaired) electrons. The van der Waals surface area contributed by atoms with E-state index in [1.165, 1.54) is 169 Å². The second-order valence-corrected chi connectivity index (χ2v) is 28.0. The van der Waals surface area contributed by atoms with Gasteiger partial charge in [-0.05, 0) is 140 Å². The summed E-state index contributed by atoms with van der Waals surface area (Å²) >= 11 is 0. The van der Waals surface area contributed by atoms with Crippen molar-refractivity contribution in [3.8, 4) is 0 Å². The first-order valence-corrected chi connectivity index (χ1v) is 36.6. The molecule has 521 valence electrons. The van der Waals surface area contributed by atoms with Crippen molar-refractivity contribution >= 4 is 30.5 Å². The van der Waals surface area contributed by atoms with Crippen LogP contribution in [0.15, 0.2) is 12.2 Å². The van der Waals surface area contributed by atoms with E-state index in [1.54, 1.807) is 0 Å². The summed E-state index contributed by atoms with van der Waals surface area (Å²) in [5.74, 6) is 9.50. The van der Waals surface area contributed by atoms with Crippen LogP contribution in [0.4, 0.5) is 0 Å². The van der Waals surface area contributed by atoms with Crippen LogP contribution >= 0.6 is 0 Å². The van der Waals surface area contributed by atoms with Crippen LogP contribution in [0.1, 0.15) is 343 Å². The first-order chi connectivity index (χ1) is 40.9. The Kier molecular flexibility index (Phi) is 69.3. The average molecular weight is 1320 g/mol. The van der Waals surface area contributed by atoms with Crippen LogP contribution in [0.3, 0.4) is 0 Å². The number of unbranched alkanes of at least 4 members (excludes halogenated alkanes) is 27. The van der Waals surface area contributed by atoms with Crippen molar-refractivity contribution in [2.75, 3.05) is 21.3 Å². The molecule has 0 rings (SSSR count). The van der Waals surface area contributed by atoms with Crippen molar-refractivity contribution in [2.45, 2.75) is 343 Å². The minimum absolute atomic E-state index is 0. The van der Waals surface area contributed by atoms with Gasteiger partial charge in [0, 0.05) is 45.2 Å². The zero-order valence-electron chi connectivity index (χ0n) is 62.0. The van der Waals surface area contributed by atoms with Gasteiger partial charge in [0.05, 0.1) is 27.2 Å². The van der Waals surface area contributed by atoms with Gasteiger partial charge in [-0.1, -0.05) is 279 Å². The zero-order chi connectivity index (χ0) is 66.3. The van der Waals surface area contributed by atoms with Crippen molar-refractivity contribution in [3.05, 3.63) is 12.2 Å². The standard InChI is InChI=1S/C35H70O2.C20H38O3.C19H36O2.C4H8O.Rh/c1-19(2)20(3)21(4)22(5)23(6)24(7)25(8)26(9)27(10)28(11)29(12)30(13)31(14)32(15)33(16)34(17)35(36)37-18;1-23-20(22)18-16-14-12-10-8-6-4-2-3-5-7-9-11-13-15-17-19-21;1-3-4-5-6-7-8-9-10-11-12-13-14-15-16-17-18-19(20)21-2;1-2-3-4-5;/h19-34H,1-18H3;19H,2-18H2,1H3;10-11H,3-9,12-18H2,1-2H3;4H,2-3H2,1H3;/b;;11-10-;;/t20-,21+,22-,23+,24-,25+,26+,27+,28+,29-,30+,31-,32+,33-,34+;;;;/m1..../s1. The molecule has 0 aromatic rings. The first-order valence-electron chi connectivity index (χ1n) is 36.6. The second-order valence-electron chi connectivity index (χ2n) is 28.0. The molecule has 9 heteroatoms. The molecule has 0 aromatic heterocycles. The Balaban J connectivity index is -0.000000387. The zero-order valence-corrected chi connectivity index (χ0v) is 63.6. The Bertz CT molecular complexity index is 1570. The van der Waals surface area contributed by atoms with Crippen LogP contribution < -0.4 is 0 Å². The number of methoxy groups -OCH3 is 3. The Morgan fingerprint density at radius 2 is 0.529 bits per heavy atom. The predicted octanol–water partition coefficient (Wildman–Crippen LogP) is 23.5. The predicted molar refractivity (Wildman–Crippen MR) is 373 cm³/mol. The Labute approximate surface area is 556 Å². The van der Waals surface area contributed by atoms with Gasteiger partial charge in [0.15, 0.2) is 0 Å². The third-order valence-electron chi connectivity index (χ3n) is 21.9. The molecule has 8 nitrogen and oxygen atoms in total. The van der Waals surface area contributed by atoms with E-state index in [-0.39, 0.29) is 43.3 Å². The summed E-state index contributed by atoms with van der Waals surface area (Å²) in [5.41, 5.74) is 0. The number of ether oxygens (including phenoxy) is 3. The molecule has 0 aliphatic rings. The van der Waals surface area contributed by atoms with Gasteiger partial charge in [-0.15, -0.1) is 0 Å². The molecule has 0 bridgehead atoms. The third kappa shape index (κ3) is 50.4. The summed E-state index contributed by atoms with van der Waals surface area (Å²) in [6, 6.07) is 0. The van der Waals surface area contributed by atoms with Crippen LogP contribution in [0.2, 0.25) is 0 Å². The maximum absolute atomic E-state index is 12.1. The molecule has 0 aliphatic heterocycles. The molecule has 0 spiro atoms. The molecule has 0 aromatic carbocycles. The molecule has 0 fully saturated rings. The number of rotatable bonds is 51. The number of esters is 3. The summed E-state index contributed by atoms with van der Waals surface area (Å²) < 4.78 is 14.3. The normalized spacial score (nSPS) is 16.5. The fourth-order valence-electron chi connectivity index (χ4n) is 12.7. The summed E-state index contributed by atoms with van der Waals surface area (Å²) in [6.07, 6.45) is 46.1. The van der Waals surface area contributed by atoms with E-state index in [4.69, 9.17) is 4.74 Å². The van der Waals surface area contributed by atoms with Crippen molar-refractivity contribution in [1.29, 1.82) is 0 Å². The fraction of sp³-hybridized carbons (Fsp3) is 0.910. The van der Waals surface area contributed by atoms with Gasteiger partial charge in [-0.25, -0.2) is 0 Å². The largest absolute Gasteiger partial charge is 0.469 e. The van der Waals surface area contributed by atoms with Crippen molar-refractivity contribution in [1.82, 2.24) is 0 Å². The maximum Gasteiger partial charge on any atom is 0.308 e. The SMILES string of the molecule is CCCC=O.CCCCCCCC/C=C\CCCCCCCC(=O)OC.COC(=O)CCCCCCCCCCCCCCCCCC=O.COC(=O)[C@@H](C)[C@H](C)[C@@H](C)[C@H](C)[C@@H](C)[C@H](C)[C@@H](C)[C@@H](C)[C@@H](C)[C@@H](C)[C@H](C)[C@@H](C)[C@H](C)[C@@H](C)[C@H](C)C(C)C.[Rh]. The van der Waals surface area contributed by atoms with E-state index >= 15 is 0 Å². The van der Waals surface area contributed by atoms with Crippen molar-refractivity contribution in [3.63, 3.8) is 0 Å². The molecular weight excluding hydrogens is 1170 g/mol. The van der Waals surface area contributed by atoms with E-state index < -0.39 is 0 Å². The van der Waals surface area contributed by atoms with E-state index in [1.807, 2.05) is 13.8 Å². The molecule has 87 heavy (non-hydrogen) atoms. The number of carbonyl (C=O) groups excluding carboxylic acids is 5. The minimum Gasteiger partial charge on any atom is -0.469 e. The number of hydrogen-bond donors (Lipinski definition) is 0. The van der Waals surface area contributed by atoms with E-state index in [2.05, 4.69) is 139 Å². The van der Waals surface area contributed by atoms with Gasteiger partial charge in [0.1, 0.15) is 12.6 Å².